The molecule has 1 atom stereocenters. The average Bonchev–Trinajstić information content (AvgIpc) is 2.57. The number of phenolic OH excluding ortho intramolecular Hbond substituents is 1. The molecular formula is C20H23NO4. The standard InChI is InChI=1S/C20H23NO4/c1-11-12(2)17-16(22)9-20(4,25-19(17)18(23)13(11)3)10-24-15-7-5-14(21)6-8-15/h5-8,23H,9-10,21H2,1-4H3. The molecule has 1 unspecified atom stereocenters. The van der Waals surface area contributed by atoms with Crippen LogP contribution in [0.2, 0.25) is 0 Å². The van der Waals surface area contributed by atoms with E-state index in [4.69, 9.17) is 15.2 Å². The lowest BCUT2D eigenvalue weighted by atomic mass is 9.86. The van der Waals surface area contributed by atoms with Gasteiger partial charge < -0.3 is 20.3 Å². The lowest BCUT2D eigenvalue weighted by Crippen LogP contribution is -2.44. The number of benzene rings is 2. The van der Waals surface area contributed by atoms with Gasteiger partial charge in [-0.2, -0.15) is 0 Å². The number of hydrogen-bond donors (Lipinski definition) is 2. The highest BCUT2D eigenvalue weighted by Crippen LogP contribution is 2.44. The first-order valence-corrected chi connectivity index (χ1v) is 8.25. The molecule has 0 bridgehead atoms. The number of hydrogen-bond acceptors (Lipinski definition) is 5. The summed E-state index contributed by atoms with van der Waals surface area (Å²) in [7, 11) is 0. The Morgan fingerprint density at radius 3 is 2.44 bits per heavy atom. The van der Waals surface area contributed by atoms with E-state index in [0.29, 0.717) is 17.0 Å². The fourth-order valence-electron chi connectivity index (χ4n) is 3.13. The van der Waals surface area contributed by atoms with E-state index in [-0.39, 0.29) is 30.3 Å². The zero-order valence-electron chi connectivity index (χ0n) is 15.0. The molecule has 0 fully saturated rings. The van der Waals surface area contributed by atoms with Crippen molar-refractivity contribution in [3.05, 3.63) is 46.5 Å². The summed E-state index contributed by atoms with van der Waals surface area (Å²) < 4.78 is 11.8. The Labute approximate surface area is 147 Å². The minimum atomic E-state index is -0.850. The number of Topliss-reactive ketones (excluding diaryl/α,β-unsaturated/α-hetero) is 1. The number of nitrogen functional groups attached to an aromatic ring is 1. The summed E-state index contributed by atoms with van der Waals surface area (Å²) in [6, 6.07) is 7.04. The Morgan fingerprint density at radius 2 is 1.80 bits per heavy atom. The SMILES string of the molecule is Cc1c(C)c(O)c2c(c1C)C(=O)CC(C)(COc1ccc(N)cc1)O2. The predicted octanol–water partition coefficient (Wildman–Crippen LogP) is 3.70. The molecule has 0 amide bonds. The topological polar surface area (TPSA) is 81.8 Å². The summed E-state index contributed by atoms with van der Waals surface area (Å²) in [5.74, 6) is 0.906. The molecule has 0 saturated heterocycles. The third-order valence-electron chi connectivity index (χ3n) is 4.88. The van der Waals surface area contributed by atoms with Crippen molar-refractivity contribution in [3.8, 4) is 17.2 Å². The molecule has 3 rings (SSSR count). The Bertz CT molecular complexity index is 842. The fourth-order valence-corrected chi connectivity index (χ4v) is 3.13. The highest BCUT2D eigenvalue weighted by molar-refractivity contribution is 6.03. The van der Waals surface area contributed by atoms with Crippen LogP contribution >= 0.6 is 0 Å². The van der Waals surface area contributed by atoms with Gasteiger partial charge in [0, 0.05) is 5.69 Å². The Balaban J connectivity index is 1.89. The normalized spacial score (nSPS) is 19.3. The number of aromatic hydroxyl groups is 1. The molecule has 0 aromatic heterocycles. The second-order valence-corrected chi connectivity index (χ2v) is 6.94. The van der Waals surface area contributed by atoms with Gasteiger partial charge >= 0.3 is 0 Å². The number of ketones is 1. The molecule has 0 radical (unpaired) electrons. The van der Waals surface area contributed by atoms with Crippen molar-refractivity contribution in [3.63, 3.8) is 0 Å². The minimum absolute atomic E-state index is 0.0323. The lowest BCUT2D eigenvalue weighted by molar-refractivity contribution is 0.0169. The Hall–Kier alpha value is -2.69. The molecule has 5 nitrogen and oxygen atoms in total. The number of carbonyl (C=O) groups is 1. The van der Waals surface area contributed by atoms with Gasteiger partial charge in [0.25, 0.3) is 0 Å². The largest absolute Gasteiger partial charge is 0.504 e. The van der Waals surface area contributed by atoms with Crippen LogP contribution in [0.3, 0.4) is 0 Å². The third-order valence-corrected chi connectivity index (χ3v) is 4.88. The van der Waals surface area contributed by atoms with E-state index in [1.807, 2.05) is 27.7 Å². The molecule has 1 aliphatic rings. The lowest BCUT2D eigenvalue weighted by Gasteiger charge is -2.36. The van der Waals surface area contributed by atoms with Gasteiger partial charge in [-0.1, -0.05) is 0 Å². The van der Waals surface area contributed by atoms with E-state index in [1.54, 1.807) is 24.3 Å². The molecule has 0 saturated carbocycles. The van der Waals surface area contributed by atoms with Crippen LogP contribution in [-0.4, -0.2) is 23.1 Å². The van der Waals surface area contributed by atoms with Crippen LogP contribution in [0, 0.1) is 20.8 Å². The van der Waals surface area contributed by atoms with Gasteiger partial charge in [0.05, 0.1) is 12.0 Å². The van der Waals surface area contributed by atoms with Crippen molar-refractivity contribution in [1.29, 1.82) is 0 Å². The van der Waals surface area contributed by atoms with Crippen molar-refractivity contribution in [2.24, 2.45) is 0 Å². The molecule has 25 heavy (non-hydrogen) atoms. The van der Waals surface area contributed by atoms with Gasteiger partial charge in [0.15, 0.2) is 17.3 Å². The van der Waals surface area contributed by atoms with Crippen molar-refractivity contribution >= 4 is 11.5 Å². The first-order chi connectivity index (χ1) is 11.7. The second-order valence-electron chi connectivity index (χ2n) is 6.94. The molecule has 0 aliphatic carbocycles. The molecule has 5 heteroatoms. The van der Waals surface area contributed by atoms with Gasteiger partial charge in [-0.25, -0.2) is 0 Å². The number of rotatable bonds is 3. The van der Waals surface area contributed by atoms with Crippen LogP contribution in [0.15, 0.2) is 24.3 Å². The van der Waals surface area contributed by atoms with Gasteiger partial charge in [-0.15, -0.1) is 0 Å². The highest BCUT2D eigenvalue weighted by Gasteiger charge is 2.40. The number of nitrogens with two attached hydrogens (primary N) is 1. The molecule has 3 N–H and O–H groups in total. The monoisotopic (exact) mass is 341 g/mol. The summed E-state index contributed by atoms with van der Waals surface area (Å²) in [6.45, 7) is 7.61. The number of anilines is 1. The summed E-state index contributed by atoms with van der Waals surface area (Å²) in [5, 5.41) is 10.5. The van der Waals surface area contributed by atoms with E-state index in [2.05, 4.69) is 0 Å². The Morgan fingerprint density at radius 1 is 1.16 bits per heavy atom. The number of carbonyl (C=O) groups excluding carboxylic acids is 1. The number of phenols is 1. The van der Waals surface area contributed by atoms with Gasteiger partial charge in [0.2, 0.25) is 0 Å². The smallest absolute Gasteiger partial charge is 0.173 e. The van der Waals surface area contributed by atoms with Crippen LogP contribution in [-0.2, 0) is 0 Å². The highest BCUT2D eigenvalue weighted by atomic mass is 16.5. The van der Waals surface area contributed by atoms with Gasteiger partial charge in [-0.05, 0) is 68.7 Å². The summed E-state index contributed by atoms with van der Waals surface area (Å²) >= 11 is 0. The maximum Gasteiger partial charge on any atom is 0.173 e. The molecular weight excluding hydrogens is 318 g/mol. The first kappa shape index (κ1) is 17.1. The maximum atomic E-state index is 12.7. The van der Waals surface area contributed by atoms with E-state index in [0.717, 1.165) is 16.7 Å². The van der Waals surface area contributed by atoms with Crippen LogP contribution in [0.25, 0.3) is 0 Å². The van der Waals surface area contributed by atoms with Crippen LogP contribution in [0.5, 0.6) is 17.2 Å². The molecule has 0 spiro atoms. The second kappa shape index (κ2) is 5.99. The fraction of sp³-hybridized carbons (Fsp3) is 0.350. The molecule has 2 aromatic rings. The molecule has 132 valence electrons. The van der Waals surface area contributed by atoms with E-state index < -0.39 is 5.60 Å². The number of ether oxygens (including phenoxy) is 2. The Kier molecular flexibility index (Phi) is 4.11. The molecule has 1 heterocycles. The molecule has 2 aromatic carbocycles. The minimum Gasteiger partial charge on any atom is -0.504 e. The van der Waals surface area contributed by atoms with Crippen molar-refractivity contribution in [1.82, 2.24) is 0 Å². The number of fused-ring (bicyclic) bond motifs is 1. The molecule has 1 aliphatic heterocycles. The van der Waals surface area contributed by atoms with Crippen LogP contribution in [0.1, 0.15) is 40.4 Å². The third kappa shape index (κ3) is 3.02. The van der Waals surface area contributed by atoms with Crippen molar-refractivity contribution < 1.29 is 19.4 Å². The maximum absolute atomic E-state index is 12.7. The van der Waals surface area contributed by atoms with E-state index >= 15 is 0 Å². The van der Waals surface area contributed by atoms with Crippen molar-refractivity contribution in [2.45, 2.75) is 39.7 Å². The van der Waals surface area contributed by atoms with E-state index in [1.165, 1.54) is 0 Å². The van der Waals surface area contributed by atoms with Crippen molar-refractivity contribution in [2.75, 3.05) is 12.3 Å². The van der Waals surface area contributed by atoms with E-state index in [9.17, 15) is 9.90 Å². The first-order valence-electron chi connectivity index (χ1n) is 8.25. The average molecular weight is 341 g/mol. The quantitative estimate of drug-likeness (QED) is 0.832. The summed E-state index contributed by atoms with van der Waals surface area (Å²) in [4.78, 5) is 12.7. The predicted molar refractivity (Wildman–Crippen MR) is 96.6 cm³/mol. The van der Waals surface area contributed by atoms with Crippen LogP contribution < -0.4 is 15.2 Å². The van der Waals surface area contributed by atoms with Crippen LogP contribution in [0.4, 0.5) is 5.69 Å². The van der Waals surface area contributed by atoms with Gasteiger partial charge in [0.1, 0.15) is 18.0 Å². The summed E-state index contributed by atoms with van der Waals surface area (Å²) in [5.41, 5.74) is 8.45. The zero-order valence-corrected chi connectivity index (χ0v) is 15.0. The van der Waals surface area contributed by atoms with Gasteiger partial charge in [-0.3, -0.25) is 4.79 Å². The summed E-state index contributed by atoms with van der Waals surface area (Å²) in [6.07, 6.45) is 0.192. The zero-order chi connectivity index (χ0) is 18.4.